The number of nitrogens with zero attached hydrogens (tertiary/aromatic N) is 3. The van der Waals surface area contributed by atoms with Gasteiger partial charge in [-0.2, -0.15) is 10.1 Å². The monoisotopic (exact) mass is 532 g/mol. The van der Waals surface area contributed by atoms with Crippen molar-refractivity contribution >= 4 is 40.1 Å². The maximum atomic E-state index is 13.6. The average molecular weight is 533 g/mol. The number of methoxy groups -OCH3 is 2. The first-order chi connectivity index (χ1) is 18.4. The second-order valence-electron chi connectivity index (χ2n) is 8.68. The highest BCUT2D eigenvalue weighted by atomic mass is 32.2. The molecule has 194 valence electrons. The maximum Gasteiger partial charge on any atom is 0.262 e. The van der Waals surface area contributed by atoms with Crippen LogP contribution in [0.5, 0.6) is 11.5 Å². The number of hydrogen-bond acceptors (Lipinski definition) is 7. The predicted molar refractivity (Wildman–Crippen MR) is 145 cm³/mol. The highest BCUT2D eigenvalue weighted by molar-refractivity contribution is 8.15. The lowest BCUT2D eigenvalue weighted by Gasteiger charge is -2.23. The fraction of sp³-hybridized carbons (Fsp3) is 0.214. The van der Waals surface area contributed by atoms with Crippen molar-refractivity contribution in [3.8, 4) is 11.5 Å². The lowest BCUT2D eigenvalue weighted by atomic mass is 9.98. The van der Waals surface area contributed by atoms with Crippen LogP contribution in [0.2, 0.25) is 0 Å². The van der Waals surface area contributed by atoms with Gasteiger partial charge in [0.15, 0.2) is 5.17 Å². The maximum absolute atomic E-state index is 13.6. The number of amides is 2. The molecule has 2 atom stereocenters. The molecule has 0 unspecified atom stereocenters. The van der Waals surface area contributed by atoms with Crippen molar-refractivity contribution in [1.29, 1.82) is 0 Å². The van der Waals surface area contributed by atoms with Crippen molar-refractivity contribution in [2.45, 2.75) is 24.1 Å². The smallest absolute Gasteiger partial charge is 0.262 e. The topological polar surface area (TPSA) is 92.6 Å². The second-order valence-corrected chi connectivity index (χ2v) is 9.85. The van der Waals surface area contributed by atoms with Crippen LogP contribution in [0.15, 0.2) is 82.9 Å². The Kier molecular flexibility index (Phi) is 7.41. The van der Waals surface area contributed by atoms with E-state index in [0.717, 1.165) is 22.6 Å². The van der Waals surface area contributed by atoms with Crippen molar-refractivity contribution in [3.05, 3.63) is 89.7 Å². The lowest BCUT2D eigenvalue weighted by Crippen LogP contribution is -2.25. The number of halogens is 1. The highest BCUT2D eigenvalue weighted by Crippen LogP contribution is 2.39. The van der Waals surface area contributed by atoms with E-state index in [0.29, 0.717) is 23.0 Å². The molecule has 0 radical (unpaired) electrons. The van der Waals surface area contributed by atoms with Crippen molar-refractivity contribution in [2.75, 3.05) is 19.5 Å². The quantitative estimate of drug-likeness (QED) is 0.459. The Morgan fingerprint density at radius 1 is 1.05 bits per heavy atom. The molecule has 2 heterocycles. The van der Waals surface area contributed by atoms with Crippen LogP contribution in [-0.2, 0) is 9.59 Å². The van der Waals surface area contributed by atoms with E-state index in [1.54, 1.807) is 48.5 Å². The van der Waals surface area contributed by atoms with Gasteiger partial charge < -0.3 is 14.8 Å². The zero-order chi connectivity index (χ0) is 26.6. The molecule has 0 bridgehead atoms. The molecule has 0 aliphatic carbocycles. The fourth-order valence-corrected chi connectivity index (χ4v) is 5.37. The molecule has 0 aromatic heterocycles. The summed E-state index contributed by atoms with van der Waals surface area (Å²) < 4.78 is 24.2. The van der Waals surface area contributed by atoms with Crippen molar-refractivity contribution in [3.63, 3.8) is 0 Å². The Balaban J connectivity index is 1.35. The van der Waals surface area contributed by atoms with E-state index in [1.807, 2.05) is 24.3 Å². The predicted octanol–water partition coefficient (Wildman–Crippen LogP) is 5.02. The van der Waals surface area contributed by atoms with Crippen LogP contribution in [0.1, 0.15) is 30.0 Å². The lowest BCUT2D eigenvalue weighted by molar-refractivity contribution is -0.121. The van der Waals surface area contributed by atoms with Gasteiger partial charge in [-0.05, 0) is 59.7 Å². The number of hydrogen-bond donors (Lipinski definition) is 1. The fourth-order valence-electron chi connectivity index (χ4n) is 4.31. The summed E-state index contributed by atoms with van der Waals surface area (Å²) in [4.78, 5) is 29.8. The number of thioether (sulfide) groups is 1. The summed E-state index contributed by atoms with van der Waals surface area (Å²) in [5.74, 6) is 0.206. The third kappa shape index (κ3) is 5.40. The molecule has 2 aliphatic rings. The number of hydrazone groups is 1. The molecule has 2 amide bonds. The van der Waals surface area contributed by atoms with Crippen LogP contribution in [0.4, 0.5) is 10.1 Å². The molecule has 38 heavy (non-hydrogen) atoms. The second kappa shape index (κ2) is 11.1. The van der Waals surface area contributed by atoms with Gasteiger partial charge in [0.2, 0.25) is 5.91 Å². The SMILES string of the molecule is COc1ccc(C2=NN(C3=NC(=O)[C@H](CC(=O)Nc4ccccc4OC)S3)[C@@H](c3ccc(F)cc3)C2)cc1. The molecule has 0 saturated carbocycles. The molecule has 8 nitrogen and oxygen atoms in total. The van der Waals surface area contributed by atoms with Crippen LogP contribution in [-0.4, -0.2) is 47.2 Å². The Bertz CT molecular complexity index is 1410. The van der Waals surface area contributed by atoms with Crippen LogP contribution in [0.25, 0.3) is 0 Å². The molecule has 2 aliphatic heterocycles. The molecule has 1 N–H and O–H groups in total. The zero-order valence-corrected chi connectivity index (χ0v) is 21.6. The minimum Gasteiger partial charge on any atom is -0.497 e. The number of carbonyl (C=O) groups excluding carboxylic acids is 2. The Labute approximate surface area is 223 Å². The number of nitrogens with one attached hydrogen (secondary N) is 1. The van der Waals surface area contributed by atoms with Gasteiger partial charge in [0, 0.05) is 12.8 Å². The average Bonchev–Trinajstić information content (AvgIpc) is 3.53. The molecule has 0 saturated heterocycles. The molecular weight excluding hydrogens is 507 g/mol. The van der Waals surface area contributed by atoms with Gasteiger partial charge in [0.25, 0.3) is 5.91 Å². The van der Waals surface area contributed by atoms with Gasteiger partial charge in [-0.3, -0.25) is 9.59 Å². The molecule has 10 heteroatoms. The molecular formula is C28H25FN4O4S. The zero-order valence-electron chi connectivity index (χ0n) is 20.8. The highest BCUT2D eigenvalue weighted by Gasteiger charge is 2.39. The number of rotatable bonds is 7. The van der Waals surface area contributed by atoms with Gasteiger partial charge in [0.05, 0.1) is 31.7 Å². The van der Waals surface area contributed by atoms with Crippen LogP contribution >= 0.6 is 11.8 Å². The Morgan fingerprint density at radius 2 is 1.79 bits per heavy atom. The molecule has 3 aromatic carbocycles. The molecule has 3 aromatic rings. The van der Waals surface area contributed by atoms with E-state index < -0.39 is 11.2 Å². The largest absolute Gasteiger partial charge is 0.497 e. The number of amidine groups is 1. The third-order valence-electron chi connectivity index (χ3n) is 6.27. The summed E-state index contributed by atoms with van der Waals surface area (Å²) in [5.41, 5.74) is 3.08. The molecule has 0 spiro atoms. The number of ether oxygens (including phenoxy) is 2. The van der Waals surface area contributed by atoms with Gasteiger partial charge in [0.1, 0.15) is 22.6 Å². The first kappa shape index (κ1) is 25.5. The van der Waals surface area contributed by atoms with E-state index >= 15 is 0 Å². The van der Waals surface area contributed by atoms with Crippen molar-refractivity contribution < 1.29 is 23.5 Å². The molecule has 0 fully saturated rings. The van der Waals surface area contributed by atoms with E-state index in [4.69, 9.17) is 14.6 Å². The van der Waals surface area contributed by atoms with Crippen LogP contribution in [0, 0.1) is 5.82 Å². The number of aliphatic imine (C=N–C) groups is 1. The number of carbonyl (C=O) groups is 2. The van der Waals surface area contributed by atoms with Crippen molar-refractivity contribution in [2.24, 2.45) is 10.1 Å². The minimum absolute atomic E-state index is 0.0569. The van der Waals surface area contributed by atoms with E-state index in [9.17, 15) is 14.0 Å². The van der Waals surface area contributed by atoms with Gasteiger partial charge in [-0.25, -0.2) is 9.40 Å². The summed E-state index contributed by atoms with van der Waals surface area (Å²) in [7, 11) is 3.13. The Morgan fingerprint density at radius 3 is 2.50 bits per heavy atom. The number of benzene rings is 3. The minimum atomic E-state index is -0.686. The summed E-state index contributed by atoms with van der Waals surface area (Å²) in [6.07, 6.45) is 0.476. The van der Waals surface area contributed by atoms with Crippen molar-refractivity contribution in [1.82, 2.24) is 5.01 Å². The van der Waals surface area contributed by atoms with Crippen LogP contribution < -0.4 is 14.8 Å². The molecule has 5 rings (SSSR count). The summed E-state index contributed by atoms with van der Waals surface area (Å²) in [6, 6.07) is 20.6. The van der Waals surface area contributed by atoms with E-state index in [-0.39, 0.29) is 24.2 Å². The summed E-state index contributed by atoms with van der Waals surface area (Å²) in [5, 5.41) is 9.03. The van der Waals surface area contributed by atoms with Gasteiger partial charge >= 0.3 is 0 Å². The summed E-state index contributed by atoms with van der Waals surface area (Å²) >= 11 is 1.20. The van der Waals surface area contributed by atoms with Gasteiger partial charge in [-0.1, -0.05) is 36.0 Å². The third-order valence-corrected chi connectivity index (χ3v) is 7.41. The van der Waals surface area contributed by atoms with Crippen LogP contribution in [0.3, 0.4) is 0 Å². The number of para-hydroxylation sites is 2. The first-order valence-electron chi connectivity index (χ1n) is 11.9. The number of anilines is 1. The van der Waals surface area contributed by atoms with E-state index in [1.165, 1.54) is 31.0 Å². The standard InChI is InChI=1S/C28H25FN4O4S/c1-36-20-13-9-17(10-14-20)22-15-23(18-7-11-19(29)12-8-18)33(32-22)28-31-27(35)25(38-28)16-26(34)30-21-5-3-4-6-24(21)37-2/h3-14,23,25H,15-16H2,1-2H3,(H,30,34)/t23-,25+/m1/s1. The normalized spacial score (nSPS) is 18.7. The van der Waals surface area contributed by atoms with Gasteiger partial charge in [-0.15, -0.1) is 0 Å². The first-order valence-corrected chi connectivity index (χ1v) is 12.8. The summed E-state index contributed by atoms with van der Waals surface area (Å²) in [6.45, 7) is 0. The van der Waals surface area contributed by atoms with E-state index in [2.05, 4.69) is 10.3 Å². The Hall–Kier alpha value is -4.18.